The molecule has 6 heteroatoms. The summed E-state index contributed by atoms with van der Waals surface area (Å²) in [5.41, 5.74) is 0.825. The van der Waals surface area contributed by atoms with E-state index in [1.165, 1.54) is 0 Å². The standard InChI is InChI=1S/C21H32N2O3S/c1-3-15-22(16-4-2)21(24)14-11-19-9-12-20(13-10-19)27(25,26)23-17-7-5-6-8-18-23/h9-14H,3-8,15-18H2,1-2H3/b14-11+. The van der Waals surface area contributed by atoms with Gasteiger partial charge in [-0.05, 0) is 49.5 Å². The number of nitrogens with zero attached hydrogens (tertiary/aromatic N) is 2. The van der Waals surface area contributed by atoms with Gasteiger partial charge in [-0.25, -0.2) is 8.42 Å². The third-order valence-corrected chi connectivity index (χ3v) is 6.71. The normalized spacial score (nSPS) is 16.4. The van der Waals surface area contributed by atoms with E-state index < -0.39 is 10.0 Å². The number of benzene rings is 1. The zero-order chi connectivity index (χ0) is 19.7. The minimum atomic E-state index is -3.43. The van der Waals surface area contributed by atoms with E-state index in [1.807, 2.05) is 4.90 Å². The minimum absolute atomic E-state index is 0.0000326. The smallest absolute Gasteiger partial charge is 0.246 e. The van der Waals surface area contributed by atoms with Crippen molar-refractivity contribution in [2.24, 2.45) is 0 Å². The molecule has 150 valence electrons. The van der Waals surface area contributed by atoms with Crippen LogP contribution in [0, 0.1) is 0 Å². The van der Waals surface area contributed by atoms with Crippen molar-refractivity contribution in [1.82, 2.24) is 9.21 Å². The van der Waals surface area contributed by atoms with Crippen LogP contribution in [0.1, 0.15) is 57.9 Å². The summed E-state index contributed by atoms with van der Waals surface area (Å²) in [7, 11) is -3.43. The largest absolute Gasteiger partial charge is 0.339 e. The fourth-order valence-electron chi connectivity index (χ4n) is 3.33. The second kappa shape index (κ2) is 10.6. The highest BCUT2D eigenvalue weighted by Crippen LogP contribution is 2.21. The Bertz CT molecular complexity index is 712. The van der Waals surface area contributed by atoms with Crippen LogP contribution >= 0.6 is 0 Å². The molecule has 1 aliphatic heterocycles. The zero-order valence-corrected chi connectivity index (χ0v) is 17.4. The van der Waals surface area contributed by atoms with Crippen molar-refractivity contribution in [3.8, 4) is 0 Å². The first kappa shape index (κ1) is 21.6. The predicted octanol–water partition coefficient (Wildman–Crippen LogP) is 3.91. The summed E-state index contributed by atoms with van der Waals surface area (Å²) in [5, 5.41) is 0. The number of hydrogen-bond donors (Lipinski definition) is 0. The second-order valence-corrected chi connectivity index (χ2v) is 8.98. The summed E-state index contributed by atoms with van der Waals surface area (Å²) in [6, 6.07) is 6.80. The molecule has 1 amide bonds. The Balaban J connectivity index is 2.06. The van der Waals surface area contributed by atoms with Crippen molar-refractivity contribution in [1.29, 1.82) is 0 Å². The van der Waals surface area contributed by atoms with Crippen LogP contribution in [0.4, 0.5) is 0 Å². The number of amides is 1. The molecule has 1 aromatic rings. The van der Waals surface area contributed by atoms with Crippen molar-refractivity contribution in [3.63, 3.8) is 0 Å². The molecule has 0 atom stereocenters. The van der Waals surface area contributed by atoms with Gasteiger partial charge in [0.05, 0.1) is 4.90 Å². The highest BCUT2D eigenvalue weighted by atomic mass is 32.2. The Hall–Kier alpha value is -1.66. The number of sulfonamides is 1. The maximum absolute atomic E-state index is 12.8. The fraction of sp³-hybridized carbons (Fsp3) is 0.571. The van der Waals surface area contributed by atoms with Crippen LogP contribution in [0.15, 0.2) is 35.2 Å². The van der Waals surface area contributed by atoms with E-state index in [1.54, 1.807) is 40.7 Å². The molecular formula is C21H32N2O3S. The molecule has 0 N–H and O–H groups in total. The van der Waals surface area contributed by atoms with Gasteiger partial charge in [-0.15, -0.1) is 0 Å². The maximum Gasteiger partial charge on any atom is 0.246 e. The van der Waals surface area contributed by atoms with Gasteiger partial charge in [0.25, 0.3) is 0 Å². The highest BCUT2D eigenvalue weighted by molar-refractivity contribution is 7.89. The molecule has 2 rings (SSSR count). The van der Waals surface area contributed by atoms with Crippen molar-refractivity contribution in [3.05, 3.63) is 35.9 Å². The van der Waals surface area contributed by atoms with E-state index >= 15 is 0 Å². The average molecular weight is 393 g/mol. The van der Waals surface area contributed by atoms with E-state index in [0.717, 1.165) is 57.2 Å². The van der Waals surface area contributed by atoms with E-state index in [0.29, 0.717) is 18.0 Å². The topological polar surface area (TPSA) is 57.7 Å². The van der Waals surface area contributed by atoms with E-state index in [9.17, 15) is 13.2 Å². The molecule has 0 saturated carbocycles. The molecule has 0 bridgehead atoms. The Morgan fingerprint density at radius 1 is 1.00 bits per heavy atom. The Kier molecular flexibility index (Phi) is 8.51. The Labute approximate surface area is 164 Å². The summed E-state index contributed by atoms with van der Waals surface area (Å²) in [4.78, 5) is 14.5. The van der Waals surface area contributed by atoms with Gasteiger partial charge >= 0.3 is 0 Å². The van der Waals surface area contributed by atoms with E-state index in [-0.39, 0.29) is 5.91 Å². The number of rotatable bonds is 8. The summed E-state index contributed by atoms with van der Waals surface area (Å²) in [6.07, 6.45) is 9.23. The van der Waals surface area contributed by atoms with Crippen LogP contribution in [0.25, 0.3) is 6.08 Å². The molecule has 0 unspecified atom stereocenters. The van der Waals surface area contributed by atoms with Crippen LogP contribution in [-0.2, 0) is 14.8 Å². The molecule has 1 heterocycles. The van der Waals surface area contributed by atoms with Gasteiger partial charge in [0.1, 0.15) is 0 Å². The third kappa shape index (κ3) is 6.18. The van der Waals surface area contributed by atoms with Gasteiger partial charge < -0.3 is 4.90 Å². The molecular weight excluding hydrogens is 360 g/mol. The van der Waals surface area contributed by atoms with Gasteiger partial charge in [0.15, 0.2) is 0 Å². The molecule has 0 radical (unpaired) electrons. The summed E-state index contributed by atoms with van der Waals surface area (Å²) >= 11 is 0. The third-order valence-electron chi connectivity index (χ3n) is 4.80. The number of carbonyl (C=O) groups is 1. The average Bonchev–Trinajstić information content (AvgIpc) is 2.96. The van der Waals surface area contributed by atoms with E-state index in [4.69, 9.17) is 0 Å². The van der Waals surface area contributed by atoms with Crippen LogP contribution in [0.3, 0.4) is 0 Å². The van der Waals surface area contributed by atoms with Crippen LogP contribution < -0.4 is 0 Å². The number of hydrogen-bond acceptors (Lipinski definition) is 3. The van der Waals surface area contributed by atoms with Crippen LogP contribution in [-0.4, -0.2) is 49.7 Å². The fourth-order valence-corrected chi connectivity index (χ4v) is 4.84. The lowest BCUT2D eigenvalue weighted by molar-refractivity contribution is -0.126. The van der Waals surface area contributed by atoms with Gasteiger partial charge in [0.2, 0.25) is 15.9 Å². The van der Waals surface area contributed by atoms with Gasteiger partial charge in [0, 0.05) is 32.3 Å². The molecule has 27 heavy (non-hydrogen) atoms. The summed E-state index contributed by atoms with van der Waals surface area (Å²) < 4.78 is 27.2. The van der Waals surface area contributed by atoms with Crippen molar-refractivity contribution in [2.75, 3.05) is 26.2 Å². The molecule has 1 saturated heterocycles. The lowest BCUT2D eigenvalue weighted by Gasteiger charge is -2.20. The Morgan fingerprint density at radius 3 is 2.07 bits per heavy atom. The van der Waals surface area contributed by atoms with E-state index in [2.05, 4.69) is 13.8 Å². The van der Waals surface area contributed by atoms with Gasteiger partial charge in [-0.1, -0.05) is 38.8 Å². The Morgan fingerprint density at radius 2 is 1.56 bits per heavy atom. The van der Waals surface area contributed by atoms with Crippen LogP contribution in [0.5, 0.6) is 0 Å². The molecule has 1 aromatic carbocycles. The monoisotopic (exact) mass is 392 g/mol. The van der Waals surface area contributed by atoms with Crippen molar-refractivity contribution >= 4 is 22.0 Å². The molecule has 0 aliphatic carbocycles. The highest BCUT2D eigenvalue weighted by Gasteiger charge is 2.24. The summed E-state index contributed by atoms with van der Waals surface area (Å²) in [5.74, 6) is -0.0000326. The van der Waals surface area contributed by atoms with Crippen LogP contribution in [0.2, 0.25) is 0 Å². The first-order valence-corrected chi connectivity index (χ1v) is 11.5. The molecule has 1 fully saturated rings. The number of carbonyl (C=O) groups excluding carboxylic acids is 1. The zero-order valence-electron chi connectivity index (χ0n) is 16.6. The SMILES string of the molecule is CCCN(CCC)C(=O)/C=C/c1ccc(S(=O)(=O)N2CCCCCC2)cc1. The minimum Gasteiger partial charge on any atom is -0.339 e. The summed E-state index contributed by atoms with van der Waals surface area (Å²) in [6.45, 7) is 6.83. The molecule has 0 spiro atoms. The van der Waals surface area contributed by atoms with Gasteiger partial charge in [-0.3, -0.25) is 4.79 Å². The lowest BCUT2D eigenvalue weighted by atomic mass is 10.2. The van der Waals surface area contributed by atoms with Crippen molar-refractivity contribution < 1.29 is 13.2 Å². The van der Waals surface area contributed by atoms with Crippen molar-refractivity contribution in [2.45, 2.75) is 57.3 Å². The molecule has 0 aromatic heterocycles. The lowest BCUT2D eigenvalue weighted by Crippen LogP contribution is -2.31. The first-order valence-electron chi connectivity index (χ1n) is 10.1. The van der Waals surface area contributed by atoms with Gasteiger partial charge in [-0.2, -0.15) is 4.31 Å². The predicted molar refractivity (Wildman–Crippen MR) is 110 cm³/mol. The molecule has 1 aliphatic rings. The first-order chi connectivity index (χ1) is 13.0. The second-order valence-electron chi connectivity index (χ2n) is 7.05. The molecule has 5 nitrogen and oxygen atoms in total. The quantitative estimate of drug-likeness (QED) is 0.630. The maximum atomic E-state index is 12.8.